The number of benzene rings is 1. The van der Waals surface area contributed by atoms with Gasteiger partial charge in [-0.1, -0.05) is 50.2 Å². The van der Waals surface area contributed by atoms with E-state index in [1.54, 1.807) is 6.07 Å². The summed E-state index contributed by atoms with van der Waals surface area (Å²) >= 11 is 0. The zero-order valence-corrected chi connectivity index (χ0v) is 15.3. The third-order valence-corrected chi connectivity index (χ3v) is 4.60. The molecular formula is C20H24N2O4. The van der Waals surface area contributed by atoms with Gasteiger partial charge in [-0.25, -0.2) is 0 Å². The lowest BCUT2D eigenvalue weighted by atomic mass is 9.86. The zero-order valence-electron chi connectivity index (χ0n) is 15.3. The topological polar surface area (TPSA) is 92.4 Å². The second kappa shape index (κ2) is 6.94. The van der Waals surface area contributed by atoms with E-state index in [0.717, 1.165) is 29.7 Å². The van der Waals surface area contributed by atoms with Crippen molar-refractivity contribution < 1.29 is 19.2 Å². The van der Waals surface area contributed by atoms with Gasteiger partial charge in [-0.15, -0.1) is 0 Å². The number of amides is 1. The molecule has 1 amide bonds. The van der Waals surface area contributed by atoms with Gasteiger partial charge in [0.2, 0.25) is 0 Å². The normalized spacial score (nSPS) is 15.5. The summed E-state index contributed by atoms with van der Waals surface area (Å²) in [6.07, 6.45) is 1.91. The van der Waals surface area contributed by atoms with Crippen LogP contribution in [-0.4, -0.2) is 22.1 Å². The number of carbonyl (C=O) groups excluding carboxylic acids is 1. The van der Waals surface area contributed by atoms with Crippen molar-refractivity contribution in [3.63, 3.8) is 0 Å². The first-order chi connectivity index (χ1) is 12.2. The van der Waals surface area contributed by atoms with Gasteiger partial charge < -0.3 is 14.9 Å². The van der Waals surface area contributed by atoms with Crippen LogP contribution in [0.5, 0.6) is 0 Å². The van der Waals surface area contributed by atoms with Crippen LogP contribution in [0.25, 0.3) is 0 Å². The Morgan fingerprint density at radius 2 is 1.92 bits per heavy atom. The number of hydrogen-bond donors (Lipinski definition) is 2. The number of carboxylic acid groups (broad SMARTS) is 1. The summed E-state index contributed by atoms with van der Waals surface area (Å²) < 4.78 is 5.20. The highest BCUT2D eigenvalue weighted by Gasteiger charge is 2.29. The van der Waals surface area contributed by atoms with Crippen LogP contribution in [-0.2, 0) is 10.2 Å². The maximum atomic E-state index is 12.5. The molecule has 0 spiro atoms. The fraction of sp³-hybridized carbons (Fsp3) is 0.450. The summed E-state index contributed by atoms with van der Waals surface area (Å²) in [6, 6.07) is 8.69. The Balaban J connectivity index is 1.76. The minimum absolute atomic E-state index is 0.00396. The molecule has 1 heterocycles. The number of nitrogens with zero attached hydrogens (tertiary/aromatic N) is 1. The Kier molecular flexibility index (Phi) is 4.85. The summed E-state index contributed by atoms with van der Waals surface area (Å²) in [5.41, 5.74) is 2.09. The molecule has 0 aliphatic heterocycles. The monoisotopic (exact) mass is 356 g/mol. The lowest BCUT2D eigenvalue weighted by molar-refractivity contribution is -0.137. The van der Waals surface area contributed by atoms with Gasteiger partial charge in [-0.2, -0.15) is 0 Å². The van der Waals surface area contributed by atoms with Gasteiger partial charge in [0.15, 0.2) is 5.69 Å². The minimum Gasteiger partial charge on any atom is -0.481 e. The van der Waals surface area contributed by atoms with E-state index in [2.05, 4.69) is 31.2 Å². The maximum absolute atomic E-state index is 12.5. The van der Waals surface area contributed by atoms with Crippen molar-refractivity contribution in [1.29, 1.82) is 0 Å². The highest BCUT2D eigenvalue weighted by Crippen LogP contribution is 2.40. The fourth-order valence-corrected chi connectivity index (χ4v) is 2.83. The van der Waals surface area contributed by atoms with Gasteiger partial charge in [0.25, 0.3) is 5.91 Å². The van der Waals surface area contributed by atoms with E-state index in [1.807, 2.05) is 24.3 Å². The molecule has 1 aliphatic carbocycles. The quantitative estimate of drug-likeness (QED) is 0.821. The molecule has 1 fully saturated rings. The third-order valence-electron chi connectivity index (χ3n) is 4.60. The lowest BCUT2D eigenvalue weighted by Gasteiger charge is -2.21. The summed E-state index contributed by atoms with van der Waals surface area (Å²) in [5, 5.41) is 15.8. The van der Waals surface area contributed by atoms with Crippen molar-refractivity contribution in [2.75, 3.05) is 0 Å². The highest BCUT2D eigenvalue weighted by molar-refractivity contribution is 5.92. The predicted molar refractivity (Wildman–Crippen MR) is 96.1 cm³/mol. The summed E-state index contributed by atoms with van der Waals surface area (Å²) in [7, 11) is 0. The van der Waals surface area contributed by atoms with Gasteiger partial charge >= 0.3 is 5.97 Å². The van der Waals surface area contributed by atoms with E-state index in [1.165, 1.54) is 0 Å². The first-order valence-corrected chi connectivity index (χ1v) is 8.84. The summed E-state index contributed by atoms with van der Waals surface area (Å²) in [5.74, 6) is -0.316. The molecule has 0 bridgehead atoms. The van der Waals surface area contributed by atoms with Gasteiger partial charge in [0.1, 0.15) is 5.76 Å². The van der Waals surface area contributed by atoms with Crippen LogP contribution in [0.4, 0.5) is 0 Å². The van der Waals surface area contributed by atoms with E-state index >= 15 is 0 Å². The fourth-order valence-electron chi connectivity index (χ4n) is 2.83. The highest BCUT2D eigenvalue weighted by atomic mass is 16.5. The minimum atomic E-state index is -0.978. The van der Waals surface area contributed by atoms with E-state index in [4.69, 9.17) is 4.52 Å². The van der Waals surface area contributed by atoms with Gasteiger partial charge in [0.05, 0.1) is 12.5 Å². The Morgan fingerprint density at radius 1 is 1.27 bits per heavy atom. The maximum Gasteiger partial charge on any atom is 0.305 e. The zero-order chi connectivity index (χ0) is 18.9. The molecule has 138 valence electrons. The van der Waals surface area contributed by atoms with Crippen molar-refractivity contribution >= 4 is 11.9 Å². The van der Waals surface area contributed by atoms with E-state index < -0.39 is 17.9 Å². The molecule has 1 unspecified atom stereocenters. The SMILES string of the molecule is CC(C)(C)c1ccc(C(CC(=O)O)NC(=O)c2cc(C3CC3)on2)cc1. The van der Waals surface area contributed by atoms with Crippen molar-refractivity contribution in [2.45, 2.75) is 57.4 Å². The van der Waals surface area contributed by atoms with E-state index in [9.17, 15) is 14.7 Å². The third kappa shape index (κ3) is 4.31. The number of nitrogens with one attached hydrogen (secondary N) is 1. The standard InChI is InChI=1S/C20H24N2O4/c1-20(2,3)14-8-6-12(7-9-14)15(11-18(23)24)21-19(25)16-10-17(26-22-16)13-4-5-13/h6-10,13,15H,4-5,11H2,1-3H3,(H,21,25)(H,23,24). The number of carboxylic acids is 1. The average molecular weight is 356 g/mol. The predicted octanol–water partition coefficient (Wildman–Crippen LogP) is 3.80. The van der Waals surface area contributed by atoms with Crippen LogP contribution >= 0.6 is 0 Å². The molecule has 1 aromatic heterocycles. The molecule has 6 nitrogen and oxygen atoms in total. The first-order valence-electron chi connectivity index (χ1n) is 8.84. The molecule has 1 aliphatic rings. The van der Waals surface area contributed by atoms with Gasteiger partial charge in [-0.05, 0) is 29.4 Å². The largest absolute Gasteiger partial charge is 0.481 e. The van der Waals surface area contributed by atoms with Gasteiger partial charge in [-0.3, -0.25) is 9.59 Å². The Morgan fingerprint density at radius 3 is 2.46 bits per heavy atom. The molecule has 6 heteroatoms. The second-order valence-corrected chi connectivity index (χ2v) is 7.88. The van der Waals surface area contributed by atoms with Crippen LogP contribution in [0.15, 0.2) is 34.9 Å². The molecule has 0 radical (unpaired) electrons. The van der Waals surface area contributed by atoms with Gasteiger partial charge in [0, 0.05) is 12.0 Å². The smallest absolute Gasteiger partial charge is 0.305 e. The molecule has 1 aromatic carbocycles. The number of rotatable bonds is 6. The molecular weight excluding hydrogens is 332 g/mol. The number of carbonyl (C=O) groups is 2. The molecule has 1 atom stereocenters. The van der Waals surface area contributed by atoms with Crippen LogP contribution in [0.2, 0.25) is 0 Å². The molecule has 2 aromatic rings. The van der Waals surface area contributed by atoms with Crippen LogP contribution in [0.3, 0.4) is 0 Å². The lowest BCUT2D eigenvalue weighted by Crippen LogP contribution is -2.30. The van der Waals surface area contributed by atoms with Crippen LogP contribution in [0.1, 0.15) is 79.4 Å². The Hall–Kier alpha value is -2.63. The molecule has 26 heavy (non-hydrogen) atoms. The molecule has 2 N–H and O–H groups in total. The van der Waals surface area contributed by atoms with Crippen LogP contribution in [0, 0.1) is 0 Å². The van der Waals surface area contributed by atoms with E-state index in [0.29, 0.717) is 5.92 Å². The molecule has 1 saturated carbocycles. The summed E-state index contributed by atoms with van der Waals surface area (Å²) in [4.78, 5) is 23.7. The average Bonchev–Trinajstić information content (AvgIpc) is 3.30. The number of aromatic nitrogens is 1. The Bertz CT molecular complexity index is 798. The number of aliphatic carboxylic acids is 1. The molecule has 3 rings (SSSR count). The summed E-state index contributed by atoms with van der Waals surface area (Å²) in [6.45, 7) is 6.33. The van der Waals surface area contributed by atoms with E-state index in [-0.39, 0.29) is 17.5 Å². The number of hydrogen-bond acceptors (Lipinski definition) is 4. The van der Waals surface area contributed by atoms with Crippen LogP contribution < -0.4 is 5.32 Å². The van der Waals surface area contributed by atoms with Crippen molar-refractivity contribution in [3.8, 4) is 0 Å². The molecule has 0 saturated heterocycles. The van der Waals surface area contributed by atoms with Crippen molar-refractivity contribution in [1.82, 2.24) is 10.5 Å². The Labute approximate surface area is 152 Å². The van der Waals surface area contributed by atoms with Crippen molar-refractivity contribution in [2.24, 2.45) is 0 Å². The second-order valence-electron chi connectivity index (χ2n) is 7.88. The first kappa shape index (κ1) is 18.2. The van der Waals surface area contributed by atoms with Crippen molar-refractivity contribution in [3.05, 3.63) is 52.9 Å².